The van der Waals surface area contributed by atoms with Crippen LogP contribution in [-0.4, -0.2) is 14.1 Å². The molecule has 27 heavy (non-hydrogen) atoms. The molecule has 0 N–H and O–H groups in total. The molecule has 0 saturated carbocycles. The van der Waals surface area contributed by atoms with E-state index in [4.69, 9.17) is 0 Å². The molecule has 4 heteroatoms. The van der Waals surface area contributed by atoms with Crippen molar-refractivity contribution in [2.45, 2.75) is 6.18 Å². The summed E-state index contributed by atoms with van der Waals surface area (Å²) in [4.78, 5) is 1.99. The highest BCUT2D eigenvalue weighted by Gasteiger charge is 2.30. The maximum Gasteiger partial charge on any atom is 0.416 e. The van der Waals surface area contributed by atoms with Gasteiger partial charge in [0.2, 0.25) is 0 Å². The van der Waals surface area contributed by atoms with Crippen LogP contribution in [0, 0.1) is 11.8 Å². The quantitative estimate of drug-likeness (QED) is 0.516. The van der Waals surface area contributed by atoms with Crippen LogP contribution in [0.1, 0.15) is 16.7 Å². The lowest BCUT2D eigenvalue weighted by atomic mass is 9.98. The van der Waals surface area contributed by atoms with E-state index in [1.54, 1.807) is 0 Å². The van der Waals surface area contributed by atoms with E-state index in [2.05, 4.69) is 11.8 Å². The predicted octanol–water partition coefficient (Wildman–Crippen LogP) is 5.84. The molecule has 0 bridgehead atoms. The minimum absolute atomic E-state index is 0.658. The molecule has 0 atom stereocenters. The van der Waals surface area contributed by atoms with Crippen molar-refractivity contribution in [2.24, 2.45) is 0 Å². The lowest BCUT2D eigenvalue weighted by Gasteiger charge is -2.14. The fourth-order valence-corrected chi connectivity index (χ4v) is 2.79. The van der Waals surface area contributed by atoms with Crippen LogP contribution in [0.2, 0.25) is 0 Å². The molecule has 0 aliphatic rings. The number of nitrogens with zero attached hydrogens (tertiary/aromatic N) is 1. The van der Waals surface area contributed by atoms with Gasteiger partial charge in [-0.1, -0.05) is 54.3 Å². The Bertz CT molecular complexity index is 990. The zero-order chi connectivity index (χ0) is 19.4. The van der Waals surface area contributed by atoms with Gasteiger partial charge in [0.25, 0.3) is 0 Å². The third-order valence-electron chi connectivity index (χ3n) is 4.17. The molecule has 0 amide bonds. The molecule has 3 aromatic carbocycles. The highest BCUT2D eigenvalue weighted by atomic mass is 19.4. The molecule has 0 saturated heterocycles. The fraction of sp³-hybridized carbons (Fsp3) is 0.130. The van der Waals surface area contributed by atoms with Gasteiger partial charge in [-0.25, -0.2) is 0 Å². The zero-order valence-corrected chi connectivity index (χ0v) is 15.0. The normalized spacial score (nSPS) is 10.9. The maximum absolute atomic E-state index is 12.8. The lowest BCUT2D eigenvalue weighted by Crippen LogP contribution is -2.10. The maximum atomic E-state index is 12.8. The van der Waals surface area contributed by atoms with E-state index in [0.29, 0.717) is 5.56 Å². The number of halogens is 3. The van der Waals surface area contributed by atoms with Crippen molar-refractivity contribution >= 4 is 5.69 Å². The Morgan fingerprint density at radius 2 is 1.26 bits per heavy atom. The number of anilines is 1. The SMILES string of the molecule is CN(C)c1ccccc1C#Cc1ccccc1-c1ccc(C(F)(F)F)cc1. The number of para-hydroxylation sites is 1. The molecule has 3 rings (SSSR count). The minimum atomic E-state index is -4.34. The van der Waals surface area contributed by atoms with Gasteiger partial charge in [0.1, 0.15) is 0 Å². The summed E-state index contributed by atoms with van der Waals surface area (Å²) >= 11 is 0. The van der Waals surface area contributed by atoms with Crippen LogP contribution in [0.4, 0.5) is 18.9 Å². The Kier molecular flexibility index (Phi) is 5.23. The Balaban J connectivity index is 2.00. The smallest absolute Gasteiger partial charge is 0.377 e. The Morgan fingerprint density at radius 3 is 1.89 bits per heavy atom. The average Bonchev–Trinajstić information content (AvgIpc) is 2.66. The van der Waals surface area contributed by atoms with E-state index in [-0.39, 0.29) is 0 Å². The summed E-state index contributed by atoms with van der Waals surface area (Å²) in [6.07, 6.45) is -4.34. The van der Waals surface area contributed by atoms with Gasteiger partial charge in [-0.3, -0.25) is 0 Å². The van der Waals surface area contributed by atoms with E-state index >= 15 is 0 Å². The highest BCUT2D eigenvalue weighted by molar-refractivity contribution is 5.72. The van der Waals surface area contributed by atoms with Crippen molar-refractivity contribution in [3.8, 4) is 23.0 Å². The van der Waals surface area contributed by atoms with Crippen molar-refractivity contribution in [3.63, 3.8) is 0 Å². The van der Waals surface area contributed by atoms with Gasteiger partial charge in [0.05, 0.1) is 11.3 Å². The van der Waals surface area contributed by atoms with Gasteiger partial charge in [0, 0.05) is 25.2 Å². The first kappa shape index (κ1) is 18.6. The largest absolute Gasteiger partial charge is 0.416 e. The number of benzene rings is 3. The molecule has 0 unspecified atom stereocenters. The molecule has 0 heterocycles. The van der Waals surface area contributed by atoms with E-state index in [1.165, 1.54) is 12.1 Å². The van der Waals surface area contributed by atoms with E-state index in [9.17, 15) is 13.2 Å². The molecule has 0 fully saturated rings. The molecule has 136 valence electrons. The van der Waals surface area contributed by atoms with Crippen molar-refractivity contribution in [1.82, 2.24) is 0 Å². The van der Waals surface area contributed by atoms with Crippen molar-refractivity contribution in [2.75, 3.05) is 19.0 Å². The topological polar surface area (TPSA) is 3.24 Å². The van der Waals surface area contributed by atoms with E-state index in [1.807, 2.05) is 67.5 Å². The Hall–Kier alpha value is -3.19. The van der Waals surface area contributed by atoms with Crippen molar-refractivity contribution in [3.05, 3.63) is 89.5 Å². The van der Waals surface area contributed by atoms with Gasteiger partial charge in [-0.2, -0.15) is 13.2 Å². The van der Waals surface area contributed by atoms with E-state index in [0.717, 1.165) is 34.5 Å². The third-order valence-corrected chi connectivity index (χ3v) is 4.17. The van der Waals surface area contributed by atoms with Gasteiger partial charge in [0.15, 0.2) is 0 Å². The molecule has 3 aromatic rings. The number of hydrogen-bond donors (Lipinski definition) is 0. The van der Waals surface area contributed by atoms with Crippen LogP contribution in [0.3, 0.4) is 0 Å². The summed E-state index contributed by atoms with van der Waals surface area (Å²) in [6, 6.07) is 20.4. The van der Waals surface area contributed by atoms with E-state index < -0.39 is 11.7 Å². The second-order valence-electron chi connectivity index (χ2n) is 6.28. The first-order valence-electron chi connectivity index (χ1n) is 8.41. The zero-order valence-electron chi connectivity index (χ0n) is 15.0. The summed E-state index contributed by atoms with van der Waals surface area (Å²) in [5.74, 6) is 6.35. The van der Waals surface area contributed by atoms with Gasteiger partial charge in [-0.05, 0) is 41.5 Å². The highest BCUT2D eigenvalue weighted by Crippen LogP contribution is 2.31. The second kappa shape index (κ2) is 7.59. The number of hydrogen-bond acceptors (Lipinski definition) is 1. The van der Waals surface area contributed by atoms with Crippen molar-refractivity contribution < 1.29 is 13.2 Å². The van der Waals surface area contributed by atoms with Gasteiger partial charge >= 0.3 is 6.18 Å². The minimum Gasteiger partial charge on any atom is -0.377 e. The van der Waals surface area contributed by atoms with Crippen LogP contribution < -0.4 is 4.90 Å². The molecule has 0 aliphatic heterocycles. The second-order valence-corrected chi connectivity index (χ2v) is 6.28. The molecular formula is C23H18F3N. The molecule has 1 nitrogen and oxygen atoms in total. The fourth-order valence-electron chi connectivity index (χ4n) is 2.79. The first-order valence-corrected chi connectivity index (χ1v) is 8.41. The van der Waals surface area contributed by atoms with Crippen LogP contribution in [-0.2, 0) is 6.18 Å². The number of alkyl halides is 3. The molecular weight excluding hydrogens is 347 g/mol. The molecule has 0 spiro atoms. The summed E-state index contributed by atoms with van der Waals surface area (Å²) < 4.78 is 38.4. The van der Waals surface area contributed by atoms with Crippen LogP contribution in [0.5, 0.6) is 0 Å². The van der Waals surface area contributed by atoms with Crippen LogP contribution >= 0.6 is 0 Å². The molecule has 0 aromatic heterocycles. The first-order chi connectivity index (χ1) is 12.9. The summed E-state index contributed by atoms with van der Waals surface area (Å²) in [7, 11) is 3.91. The van der Waals surface area contributed by atoms with Crippen molar-refractivity contribution in [1.29, 1.82) is 0 Å². The lowest BCUT2D eigenvalue weighted by molar-refractivity contribution is -0.137. The van der Waals surface area contributed by atoms with Crippen LogP contribution in [0.25, 0.3) is 11.1 Å². The Morgan fingerprint density at radius 1 is 0.704 bits per heavy atom. The van der Waals surface area contributed by atoms with Gasteiger partial charge in [-0.15, -0.1) is 0 Å². The predicted molar refractivity (Wildman–Crippen MR) is 104 cm³/mol. The van der Waals surface area contributed by atoms with Gasteiger partial charge < -0.3 is 4.90 Å². The number of rotatable bonds is 2. The average molecular weight is 365 g/mol. The molecule has 0 radical (unpaired) electrons. The summed E-state index contributed by atoms with van der Waals surface area (Å²) in [5, 5.41) is 0. The molecule has 0 aliphatic carbocycles. The summed E-state index contributed by atoms with van der Waals surface area (Å²) in [6.45, 7) is 0. The summed E-state index contributed by atoms with van der Waals surface area (Å²) in [5.41, 5.74) is 3.53. The third kappa shape index (κ3) is 4.32. The monoisotopic (exact) mass is 365 g/mol. The van der Waals surface area contributed by atoms with Crippen LogP contribution in [0.15, 0.2) is 72.8 Å². The Labute approximate surface area is 157 Å². The standard InChI is InChI=1S/C23H18F3N/c1-27(2)22-10-6-4-8-19(22)12-11-17-7-3-5-9-21(17)18-13-15-20(16-14-18)23(24,25)26/h3-10,13-16H,1-2H3.